The summed E-state index contributed by atoms with van der Waals surface area (Å²) in [6.45, 7) is 2.27. The minimum absolute atomic E-state index is 0.102. The van der Waals surface area contributed by atoms with Crippen LogP contribution < -0.4 is 5.73 Å². The summed E-state index contributed by atoms with van der Waals surface area (Å²) < 4.78 is 6.06. The van der Waals surface area contributed by atoms with Gasteiger partial charge in [-0.1, -0.05) is 11.6 Å². The Morgan fingerprint density at radius 1 is 1.60 bits per heavy atom. The maximum absolute atomic E-state index is 5.86. The maximum Gasteiger partial charge on any atom is 0.0931 e. The van der Waals surface area contributed by atoms with E-state index in [2.05, 4.69) is 11.9 Å². The van der Waals surface area contributed by atoms with Crippen molar-refractivity contribution >= 4 is 22.9 Å². The molecular weight excluding hydrogens is 232 g/mol. The highest BCUT2D eigenvalue weighted by molar-refractivity contribution is 7.16. The number of methoxy groups -OCH3 is 1. The number of ether oxygens (including phenoxy) is 1. The maximum atomic E-state index is 5.86. The van der Waals surface area contributed by atoms with E-state index in [4.69, 9.17) is 22.1 Å². The quantitative estimate of drug-likeness (QED) is 0.835. The van der Waals surface area contributed by atoms with Gasteiger partial charge in [-0.15, -0.1) is 11.3 Å². The van der Waals surface area contributed by atoms with Crippen LogP contribution in [-0.2, 0) is 11.3 Å². The molecule has 15 heavy (non-hydrogen) atoms. The number of hydrogen-bond donors (Lipinski definition) is 1. The Hall–Kier alpha value is -0.130. The highest BCUT2D eigenvalue weighted by Gasteiger charge is 2.09. The zero-order valence-electron chi connectivity index (χ0n) is 9.07. The molecule has 0 aliphatic rings. The Morgan fingerprint density at radius 3 is 2.80 bits per heavy atom. The van der Waals surface area contributed by atoms with Crippen molar-refractivity contribution in [1.29, 1.82) is 0 Å². The van der Waals surface area contributed by atoms with Gasteiger partial charge in [-0.25, -0.2) is 0 Å². The number of hydrogen-bond acceptors (Lipinski definition) is 4. The zero-order chi connectivity index (χ0) is 11.3. The molecule has 0 bridgehead atoms. The van der Waals surface area contributed by atoms with Crippen LogP contribution in [0.4, 0.5) is 0 Å². The standard InChI is InChI=1S/C10H17ClN2OS/c1-13(6-8(5-12)14-2)7-9-3-4-10(11)15-9/h3-4,8H,5-7,12H2,1-2H3. The minimum Gasteiger partial charge on any atom is -0.379 e. The molecule has 1 aromatic heterocycles. The Morgan fingerprint density at radius 2 is 2.33 bits per heavy atom. The second-order valence-electron chi connectivity index (χ2n) is 3.50. The Bertz CT molecular complexity index is 289. The summed E-state index contributed by atoms with van der Waals surface area (Å²) >= 11 is 7.47. The molecule has 1 aromatic rings. The van der Waals surface area contributed by atoms with Gasteiger partial charge in [-0.05, 0) is 19.2 Å². The summed E-state index contributed by atoms with van der Waals surface area (Å²) in [7, 11) is 3.74. The van der Waals surface area contributed by atoms with Crippen molar-refractivity contribution in [3.63, 3.8) is 0 Å². The monoisotopic (exact) mass is 248 g/mol. The predicted molar refractivity (Wildman–Crippen MR) is 65.5 cm³/mol. The van der Waals surface area contributed by atoms with E-state index in [9.17, 15) is 0 Å². The van der Waals surface area contributed by atoms with Crippen molar-refractivity contribution in [3.8, 4) is 0 Å². The van der Waals surface area contributed by atoms with Crippen molar-refractivity contribution < 1.29 is 4.74 Å². The van der Waals surface area contributed by atoms with Crippen molar-refractivity contribution in [1.82, 2.24) is 4.90 Å². The van der Waals surface area contributed by atoms with E-state index in [0.717, 1.165) is 17.4 Å². The molecule has 3 nitrogen and oxygen atoms in total. The van der Waals surface area contributed by atoms with E-state index in [1.807, 2.05) is 12.1 Å². The fourth-order valence-corrected chi connectivity index (χ4v) is 2.53. The summed E-state index contributed by atoms with van der Waals surface area (Å²) in [6.07, 6.45) is 0.102. The molecule has 0 aliphatic heterocycles. The fraction of sp³-hybridized carbons (Fsp3) is 0.600. The smallest absolute Gasteiger partial charge is 0.0931 e. The molecular formula is C10H17ClN2OS. The van der Waals surface area contributed by atoms with Gasteiger partial charge in [0.15, 0.2) is 0 Å². The first-order valence-electron chi connectivity index (χ1n) is 4.81. The van der Waals surface area contributed by atoms with E-state index < -0.39 is 0 Å². The lowest BCUT2D eigenvalue weighted by atomic mass is 10.3. The fourth-order valence-electron chi connectivity index (χ4n) is 1.36. The number of halogens is 1. The van der Waals surface area contributed by atoms with Gasteiger partial charge >= 0.3 is 0 Å². The molecule has 2 N–H and O–H groups in total. The summed E-state index contributed by atoms with van der Waals surface area (Å²) in [5, 5.41) is 0. The van der Waals surface area contributed by atoms with Gasteiger partial charge in [0.1, 0.15) is 0 Å². The van der Waals surface area contributed by atoms with Gasteiger partial charge in [0.05, 0.1) is 10.4 Å². The van der Waals surface area contributed by atoms with E-state index in [-0.39, 0.29) is 6.10 Å². The van der Waals surface area contributed by atoms with Crippen molar-refractivity contribution in [2.45, 2.75) is 12.6 Å². The average Bonchev–Trinajstić information content (AvgIpc) is 2.60. The van der Waals surface area contributed by atoms with Crippen LogP contribution in [0, 0.1) is 0 Å². The molecule has 86 valence electrons. The minimum atomic E-state index is 0.102. The molecule has 1 atom stereocenters. The zero-order valence-corrected chi connectivity index (χ0v) is 10.6. The van der Waals surface area contributed by atoms with E-state index >= 15 is 0 Å². The number of likely N-dealkylation sites (N-methyl/N-ethyl adjacent to an activating group) is 1. The van der Waals surface area contributed by atoms with Crippen LogP contribution in [0.2, 0.25) is 4.34 Å². The van der Waals surface area contributed by atoms with E-state index in [1.54, 1.807) is 18.4 Å². The van der Waals surface area contributed by atoms with Crippen molar-refractivity contribution in [2.24, 2.45) is 5.73 Å². The van der Waals surface area contributed by atoms with Crippen LogP contribution in [0.1, 0.15) is 4.88 Å². The van der Waals surface area contributed by atoms with Gasteiger partial charge in [-0.2, -0.15) is 0 Å². The lowest BCUT2D eigenvalue weighted by molar-refractivity contribution is 0.0764. The first-order valence-corrected chi connectivity index (χ1v) is 6.00. The van der Waals surface area contributed by atoms with Crippen LogP contribution >= 0.6 is 22.9 Å². The molecule has 1 heterocycles. The molecule has 0 spiro atoms. The lowest BCUT2D eigenvalue weighted by Gasteiger charge is -2.21. The van der Waals surface area contributed by atoms with Crippen molar-refractivity contribution in [3.05, 3.63) is 21.3 Å². The molecule has 0 saturated carbocycles. The van der Waals surface area contributed by atoms with Crippen LogP contribution in [0.25, 0.3) is 0 Å². The molecule has 0 aliphatic carbocycles. The molecule has 0 fully saturated rings. The number of nitrogens with two attached hydrogens (primary N) is 1. The largest absolute Gasteiger partial charge is 0.379 e. The second kappa shape index (κ2) is 6.45. The summed E-state index contributed by atoms with van der Waals surface area (Å²) in [6, 6.07) is 3.97. The van der Waals surface area contributed by atoms with Gasteiger partial charge in [0, 0.05) is 31.6 Å². The number of rotatable bonds is 6. The number of nitrogens with zero attached hydrogens (tertiary/aromatic N) is 1. The third kappa shape index (κ3) is 4.49. The van der Waals surface area contributed by atoms with Gasteiger partial charge in [0.25, 0.3) is 0 Å². The molecule has 1 unspecified atom stereocenters. The molecule has 0 radical (unpaired) electrons. The molecule has 0 saturated heterocycles. The topological polar surface area (TPSA) is 38.5 Å². The molecule has 0 amide bonds. The van der Waals surface area contributed by atoms with Crippen LogP contribution in [-0.4, -0.2) is 38.3 Å². The first kappa shape index (κ1) is 12.9. The van der Waals surface area contributed by atoms with Gasteiger partial charge in [0.2, 0.25) is 0 Å². The molecule has 5 heteroatoms. The Kier molecular flexibility index (Phi) is 5.56. The van der Waals surface area contributed by atoms with Gasteiger partial charge < -0.3 is 10.5 Å². The summed E-state index contributed by atoms with van der Waals surface area (Å²) in [4.78, 5) is 3.44. The second-order valence-corrected chi connectivity index (χ2v) is 5.30. The number of thiophene rings is 1. The van der Waals surface area contributed by atoms with Crippen LogP contribution in [0.15, 0.2) is 12.1 Å². The first-order chi connectivity index (χ1) is 7.15. The Labute approximate surface area is 99.8 Å². The van der Waals surface area contributed by atoms with Gasteiger partial charge in [-0.3, -0.25) is 4.90 Å². The predicted octanol–water partition coefficient (Wildman–Crippen LogP) is 1.81. The Balaban J connectivity index is 2.38. The third-order valence-electron chi connectivity index (χ3n) is 2.17. The van der Waals surface area contributed by atoms with E-state index in [1.165, 1.54) is 4.88 Å². The summed E-state index contributed by atoms with van der Waals surface area (Å²) in [5.41, 5.74) is 5.56. The third-order valence-corrected chi connectivity index (χ3v) is 3.38. The van der Waals surface area contributed by atoms with E-state index in [0.29, 0.717) is 6.54 Å². The molecule has 0 aromatic carbocycles. The average molecular weight is 249 g/mol. The summed E-state index contributed by atoms with van der Waals surface area (Å²) in [5.74, 6) is 0. The lowest BCUT2D eigenvalue weighted by Crippen LogP contribution is -2.35. The van der Waals surface area contributed by atoms with Crippen molar-refractivity contribution in [2.75, 3.05) is 27.2 Å². The van der Waals surface area contributed by atoms with Crippen LogP contribution in [0.5, 0.6) is 0 Å². The van der Waals surface area contributed by atoms with Crippen LogP contribution in [0.3, 0.4) is 0 Å². The highest BCUT2D eigenvalue weighted by Crippen LogP contribution is 2.22. The molecule has 1 rings (SSSR count). The highest BCUT2D eigenvalue weighted by atomic mass is 35.5. The normalized spacial score (nSPS) is 13.4. The SMILES string of the molecule is COC(CN)CN(C)Cc1ccc(Cl)s1.